The van der Waals surface area contributed by atoms with Crippen LogP contribution < -0.4 is 5.32 Å². The van der Waals surface area contributed by atoms with E-state index in [1.165, 1.54) is 11.8 Å². The first-order valence-corrected chi connectivity index (χ1v) is 6.65. The molecule has 1 aliphatic heterocycles. The van der Waals surface area contributed by atoms with Gasteiger partial charge in [-0.15, -0.1) is 11.8 Å². The number of hydrogen-bond donors (Lipinski definition) is 2. The first-order chi connectivity index (χ1) is 8.68. The molecule has 0 saturated carbocycles. The van der Waals surface area contributed by atoms with Crippen molar-refractivity contribution in [2.24, 2.45) is 0 Å². The molecule has 2 N–H and O–H groups in total. The molecular weight excluding hydrogens is 252 g/mol. The number of carboxylic acids is 1. The molecule has 1 saturated heterocycles. The molecule has 1 fully saturated rings. The number of carbonyl (C=O) groups excluding carboxylic acids is 1. The highest BCUT2D eigenvalue weighted by Crippen LogP contribution is 2.22. The van der Waals surface area contributed by atoms with Gasteiger partial charge >= 0.3 is 12.0 Å². The predicted molar refractivity (Wildman–Crippen MR) is 69.1 cm³/mol. The molecule has 0 bridgehead atoms. The number of rotatable bonds is 5. The van der Waals surface area contributed by atoms with E-state index in [-0.39, 0.29) is 6.03 Å². The van der Waals surface area contributed by atoms with E-state index in [0.29, 0.717) is 24.4 Å². The summed E-state index contributed by atoms with van der Waals surface area (Å²) in [6.07, 6.45) is 0. The highest BCUT2D eigenvalue weighted by molar-refractivity contribution is 7.99. The van der Waals surface area contributed by atoms with E-state index in [1.54, 1.807) is 23.1 Å². The minimum absolute atomic E-state index is 0.0397. The van der Waals surface area contributed by atoms with E-state index < -0.39 is 5.97 Å². The van der Waals surface area contributed by atoms with Crippen molar-refractivity contribution in [3.63, 3.8) is 0 Å². The molecule has 6 heteroatoms. The average molecular weight is 266 g/mol. The molecule has 0 unspecified atom stereocenters. The maximum Gasteiger partial charge on any atom is 0.336 e. The number of benzene rings is 1. The maximum atomic E-state index is 11.3. The standard InChI is InChI=1S/C12H14N2O3S/c15-11(16)9-3-1-2-4-10(9)18-8-7-14-6-5-13-12(14)17/h1-4H,5-8H2,(H,13,17)(H,15,16). The van der Waals surface area contributed by atoms with Gasteiger partial charge in [0, 0.05) is 30.3 Å². The monoisotopic (exact) mass is 266 g/mol. The topological polar surface area (TPSA) is 69.6 Å². The van der Waals surface area contributed by atoms with Crippen LogP contribution in [0.25, 0.3) is 0 Å². The van der Waals surface area contributed by atoms with E-state index in [2.05, 4.69) is 5.32 Å². The number of aromatic carboxylic acids is 1. The van der Waals surface area contributed by atoms with Crippen molar-refractivity contribution in [2.45, 2.75) is 4.90 Å². The highest BCUT2D eigenvalue weighted by Gasteiger charge is 2.18. The Hall–Kier alpha value is -1.69. The van der Waals surface area contributed by atoms with Gasteiger partial charge in [-0.2, -0.15) is 0 Å². The zero-order valence-electron chi connectivity index (χ0n) is 9.76. The normalized spacial score (nSPS) is 14.7. The number of nitrogens with zero attached hydrogens (tertiary/aromatic N) is 1. The Morgan fingerprint density at radius 2 is 2.22 bits per heavy atom. The van der Waals surface area contributed by atoms with E-state index >= 15 is 0 Å². The van der Waals surface area contributed by atoms with Crippen LogP contribution in [0.1, 0.15) is 10.4 Å². The molecular formula is C12H14N2O3S. The Bertz CT molecular complexity index is 464. The lowest BCUT2D eigenvalue weighted by atomic mass is 10.2. The SMILES string of the molecule is O=C(O)c1ccccc1SCCN1CCNC1=O. The first-order valence-electron chi connectivity index (χ1n) is 5.66. The number of nitrogens with one attached hydrogen (secondary N) is 1. The zero-order valence-corrected chi connectivity index (χ0v) is 10.6. The summed E-state index contributed by atoms with van der Waals surface area (Å²) >= 11 is 1.46. The van der Waals surface area contributed by atoms with Crippen molar-refractivity contribution in [2.75, 3.05) is 25.4 Å². The molecule has 1 aromatic carbocycles. The van der Waals surface area contributed by atoms with Gasteiger partial charge in [0.05, 0.1) is 5.56 Å². The summed E-state index contributed by atoms with van der Waals surface area (Å²) in [5.41, 5.74) is 0.313. The summed E-state index contributed by atoms with van der Waals surface area (Å²) in [5, 5.41) is 11.8. The molecule has 5 nitrogen and oxygen atoms in total. The molecule has 2 amide bonds. The van der Waals surface area contributed by atoms with Gasteiger partial charge in [0.1, 0.15) is 0 Å². The second-order valence-electron chi connectivity index (χ2n) is 3.87. The Labute approximate surface area is 109 Å². The van der Waals surface area contributed by atoms with Crippen LogP contribution in [0.5, 0.6) is 0 Å². The van der Waals surface area contributed by atoms with E-state index in [1.807, 2.05) is 6.07 Å². The Morgan fingerprint density at radius 3 is 2.89 bits per heavy atom. The second-order valence-corrected chi connectivity index (χ2v) is 5.01. The van der Waals surface area contributed by atoms with Gasteiger partial charge in [-0.1, -0.05) is 12.1 Å². The van der Waals surface area contributed by atoms with Gasteiger partial charge in [-0.05, 0) is 12.1 Å². The predicted octanol–water partition coefficient (Wildman–Crippen LogP) is 1.50. The van der Waals surface area contributed by atoms with Gasteiger partial charge < -0.3 is 15.3 Å². The molecule has 1 aromatic rings. The summed E-state index contributed by atoms with van der Waals surface area (Å²) in [6.45, 7) is 2.04. The Balaban J connectivity index is 1.90. The molecule has 1 aliphatic rings. The van der Waals surface area contributed by atoms with Crippen LogP contribution in [0.2, 0.25) is 0 Å². The smallest absolute Gasteiger partial charge is 0.336 e. The van der Waals surface area contributed by atoms with Crippen LogP contribution in [-0.2, 0) is 0 Å². The van der Waals surface area contributed by atoms with E-state index in [4.69, 9.17) is 5.11 Å². The lowest BCUT2D eigenvalue weighted by Gasteiger charge is -2.13. The molecule has 0 aromatic heterocycles. The maximum absolute atomic E-state index is 11.3. The number of thioether (sulfide) groups is 1. The van der Waals surface area contributed by atoms with Crippen LogP contribution in [-0.4, -0.2) is 47.4 Å². The van der Waals surface area contributed by atoms with Crippen molar-refractivity contribution in [1.29, 1.82) is 0 Å². The summed E-state index contributed by atoms with van der Waals surface area (Å²) in [4.78, 5) is 24.8. The molecule has 0 spiro atoms. The Morgan fingerprint density at radius 1 is 1.44 bits per heavy atom. The third-order valence-corrected chi connectivity index (χ3v) is 3.74. The van der Waals surface area contributed by atoms with Crippen molar-refractivity contribution in [1.82, 2.24) is 10.2 Å². The largest absolute Gasteiger partial charge is 0.478 e. The van der Waals surface area contributed by atoms with E-state index in [0.717, 1.165) is 11.4 Å². The van der Waals surface area contributed by atoms with Crippen LogP contribution in [0, 0.1) is 0 Å². The molecule has 0 radical (unpaired) electrons. The van der Waals surface area contributed by atoms with Gasteiger partial charge in [-0.3, -0.25) is 0 Å². The lowest BCUT2D eigenvalue weighted by molar-refractivity contribution is 0.0693. The minimum atomic E-state index is -0.919. The molecule has 18 heavy (non-hydrogen) atoms. The summed E-state index contributed by atoms with van der Waals surface area (Å²) in [5.74, 6) is -0.227. The van der Waals surface area contributed by atoms with E-state index in [9.17, 15) is 9.59 Å². The second kappa shape index (κ2) is 5.77. The third kappa shape index (κ3) is 2.95. The van der Waals surface area contributed by atoms with Crippen molar-refractivity contribution in [3.05, 3.63) is 29.8 Å². The summed E-state index contributed by atoms with van der Waals surface area (Å²) in [7, 11) is 0. The number of hydrogen-bond acceptors (Lipinski definition) is 3. The number of amides is 2. The number of carboxylic acid groups (broad SMARTS) is 1. The molecule has 0 aliphatic carbocycles. The van der Waals surface area contributed by atoms with Crippen molar-refractivity contribution >= 4 is 23.8 Å². The fourth-order valence-corrected chi connectivity index (χ4v) is 2.78. The van der Waals surface area contributed by atoms with Crippen molar-refractivity contribution < 1.29 is 14.7 Å². The average Bonchev–Trinajstić information content (AvgIpc) is 2.76. The molecule has 2 rings (SSSR count). The Kier molecular flexibility index (Phi) is 4.09. The van der Waals surface area contributed by atoms with Crippen molar-refractivity contribution in [3.8, 4) is 0 Å². The number of carbonyl (C=O) groups is 2. The van der Waals surface area contributed by atoms with Gasteiger partial charge in [-0.25, -0.2) is 9.59 Å². The summed E-state index contributed by atoms with van der Waals surface area (Å²) < 4.78 is 0. The van der Waals surface area contributed by atoms with Gasteiger partial charge in [0.2, 0.25) is 0 Å². The number of urea groups is 1. The first kappa shape index (κ1) is 12.8. The fourth-order valence-electron chi connectivity index (χ4n) is 1.76. The van der Waals surface area contributed by atoms with Crippen LogP contribution in [0.15, 0.2) is 29.2 Å². The zero-order chi connectivity index (χ0) is 13.0. The van der Waals surface area contributed by atoms with Gasteiger partial charge in [0.25, 0.3) is 0 Å². The van der Waals surface area contributed by atoms with Gasteiger partial charge in [0.15, 0.2) is 0 Å². The van der Waals surface area contributed by atoms with Crippen LogP contribution >= 0.6 is 11.8 Å². The summed E-state index contributed by atoms with van der Waals surface area (Å²) in [6, 6.07) is 6.87. The minimum Gasteiger partial charge on any atom is -0.478 e. The van der Waals surface area contributed by atoms with Crippen LogP contribution in [0.4, 0.5) is 4.79 Å². The third-order valence-electron chi connectivity index (χ3n) is 2.68. The van der Waals surface area contributed by atoms with Crippen LogP contribution in [0.3, 0.4) is 0 Å². The molecule has 1 heterocycles. The highest BCUT2D eigenvalue weighted by atomic mass is 32.2. The fraction of sp³-hybridized carbons (Fsp3) is 0.333. The molecule has 96 valence electrons. The molecule has 0 atom stereocenters. The lowest BCUT2D eigenvalue weighted by Crippen LogP contribution is -2.30. The quantitative estimate of drug-likeness (QED) is 0.792.